The second-order valence-electron chi connectivity index (χ2n) is 4.86. The number of anilines is 1. The molecule has 2 rings (SSSR count). The van der Waals surface area contributed by atoms with Gasteiger partial charge in [0.05, 0.1) is 0 Å². The standard InChI is InChI=1S/C14H14BrN3O2/c1-14(2,12(19)20)18-13-16-7-10(8-17-13)9-3-5-11(15)6-4-9/h3-8H,1-2H3,(H,19,20)(H,16,17,18). The molecule has 0 spiro atoms. The van der Waals surface area contributed by atoms with Crippen molar-refractivity contribution in [2.24, 2.45) is 0 Å². The van der Waals surface area contributed by atoms with Crippen LogP contribution in [0.1, 0.15) is 13.8 Å². The molecule has 0 unspecified atom stereocenters. The molecule has 5 nitrogen and oxygen atoms in total. The average molecular weight is 336 g/mol. The summed E-state index contributed by atoms with van der Waals surface area (Å²) in [7, 11) is 0. The highest BCUT2D eigenvalue weighted by Crippen LogP contribution is 2.21. The van der Waals surface area contributed by atoms with Crippen molar-refractivity contribution in [3.63, 3.8) is 0 Å². The van der Waals surface area contributed by atoms with Gasteiger partial charge in [-0.25, -0.2) is 14.8 Å². The van der Waals surface area contributed by atoms with Crippen molar-refractivity contribution in [2.75, 3.05) is 5.32 Å². The highest BCUT2D eigenvalue weighted by atomic mass is 79.9. The van der Waals surface area contributed by atoms with Crippen molar-refractivity contribution < 1.29 is 9.90 Å². The van der Waals surface area contributed by atoms with E-state index in [0.717, 1.165) is 15.6 Å². The number of hydrogen-bond acceptors (Lipinski definition) is 4. The van der Waals surface area contributed by atoms with Gasteiger partial charge in [-0.3, -0.25) is 0 Å². The van der Waals surface area contributed by atoms with Gasteiger partial charge in [0.1, 0.15) is 5.54 Å². The van der Waals surface area contributed by atoms with Crippen molar-refractivity contribution in [3.05, 3.63) is 41.1 Å². The highest BCUT2D eigenvalue weighted by Gasteiger charge is 2.27. The predicted octanol–water partition coefficient (Wildman–Crippen LogP) is 3.18. The molecule has 0 bridgehead atoms. The smallest absolute Gasteiger partial charge is 0.328 e. The molecule has 2 aromatic rings. The number of aromatic nitrogens is 2. The second-order valence-corrected chi connectivity index (χ2v) is 5.77. The average Bonchev–Trinajstić information content (AvgIpc) is 2.40. The van der Waals surface area contributed by atoms with E-state index in [1.54, 1.807) is 26.2 Å². The summed E-state index contributed by atoms with van der Waals surface area (Å²) in [5.41, 5.74) is 0.757. The molecule has 1 aromatic carbocycles. The highest BCUT2D eigenvalue weighted by molar-refractivity contribution is 9.10. The first-order chi connectivity index (χ1) is 9.38. The van der Waals surface area contributed by atoms with E-state index >= 15 is 0 Å². The third-order valence-corrected chi connectivity index (χ3v) is 3.32. The van der Waals surface area contributed by atoms with Crippen LogP contribution in [-0.2, 0) is 4.79 Å². The Morgan fingerprint density at radius 1 is 1.15 bits per heavy atom. The van der Waals surface area contributed by atoms with Gasteiger partial charge in [0.25, 0.3) is 0 Å². The predicted molar refractivity (Wildman–Crippen MR) is 80.5 cm³/mol. The Balaban J connectivity index is 2.18. The van der Waals surface area contributed by atoms with Crippen LogP contribution in [0.25, 0.3) is 11.1 Å². The van der Waals surface area contributed by atoms with Crippen molar-refractivity contribution in [1.82, 2.24) is 9.97 Å². The van der Waals surface area contributed by atoms with Crippen molar-refractivity contribution >= 4 is 27.8 Å². The summed E-state index contributed by atoms with van der Waals surface area (Å²) in [5, 5.41) is 11.8. The minimum atomic E-state index is -1.11. The Hall–Kier alpha value is -1.95. The van der Waals surface area contributed by atoms with Crippen LogP contribution in [0, 0.1) is 0 Å². The lowest BCUT2D eigenvalue weighted by Crippen LogP contribution is -2.40. The summed E-state index contributed by atoms with van der Waals surface area (Å²) < 4.78 is 1.00. The Morgan fingerprint density at radius 3 is 2.20 bits per heavy atom. The quantitative estimate of drug-likeness (QED) is 0.897. The number of hydrogen-bond donors (Lipinski definition) is 2. The van der Waals surface area contributed by atoms with Gasteiger partial charge in [-0.05, 0) is 31.5 Å². The Bertz CT molecular complexity index is 609. The molecular formula is C14H14BrN3O2. The lowest BCUT2D eigenvalue weighted by atomic mass is 10.1. The van der Waals surface area contributed by atoms with E-state index in [-0.39, 0.29) is 0 Å². The van der Waals surface area contributed by atoms with E-state index in [0.29, 0.717) is 5.95 Å². The van der Waals surface area contributed by atoms with Crippen LogP contribution in [-0.4, -0.2) is 26.6 Å². The summed E-state index contributed by atoms with van der Waals surface area (Å²) in [6.07, 6.45) is 3.33. The van der Waals surface area contributed by atoms with E-state index in [1.807, 2.05) is 24.3 Å². The maximum Gasteiger partial charge on any atom is 0.328 e. The first kappa shape index (κ1) is 14.5. The fraction of sp³-hybridized carbons (Fsp3) is 0.214. The molecule has 1 aromatic heterocycles. The molecule has 20 heavy (non-hydrogen) atoms. The number of carbonyl (C=O) groups is 1. The number of nitrogens with one attached hydrogen (secondary N) is 1. The lowest BCUT2D eigenvalue weighted by molar-refractivity contribution is -0.141. The van der Waals surface area contributed by atoms with E-state index in [1.165, 1.54) is 0 Å². The molecular weight excluding hydrogens is 322 g/mol. The molecule has 6 heteroatoms. The molecule has 104 valence electrons. The Morgan fingerprint density at radius 2 is 1.70 bits per heavy atom. The normalized spacial score (nSPS) is 11.2. The number of benzene rings is 1. The first-order valence-electron chi connectivity index (χ1n) is 5.98. The molecule has 0 aliphatic heterocycles. The van der Waals surface area contributed by atoms with Crippen molar-refractivity contribution in [2.45, 2.75) is 19.4 Å². The van der Waals surface area contributed by atoms with E-state index in [9.17, 15) is 4.79 Å². The number of rotatable bonds is 4. The van der Waals surface area contributed by atoms with E-state index < -0.39 is 11.5 Å². The summed E-state index contributed by atoms with van der Waals surface area (Å²) in [5.74, 6) is -0.670. The van der Waals surface area contributed by atoms with Gasteiger partial charge in [-0.1, -0.05) is 28.1 Å². The zero-order chi connectivity index (χ0) is 14.8. The van der Waals surface area contributed by atoms with Crippen LogP contribution in [0.2, 0.25) is 0 Å². The van der Waals surface area contributed by atoms with Crippen LogP contribution >= 0.6 is 15.9 Å². The van der Waals surface area contributed by atoms with Crippen LogP contribution in [0.4, 0.5) is 5.95 Å². The molecule has 0 amide bonds. The maximum atomic E-state index is 11.0. The number of carboxylic acids is 1. The van der Waals surface area contributed by atoms with E-state index in [2.05, 4.69) is 31.2 Å². The second kappa shape index (κ2) is 5.58. The molecule has 0 aliphatic rings. The van der Waals surface area contributed by atoms with Crippen molar-refractivity contribution in [1.29, 1.82) is 0 Å². The van der Waals surface area contributed by atoms with Crippen molar-refractivity contribution in [3.8, 4) is 11.1 Å². The van der Waals surface area contributed by atoms with Gasteiger partial charge in [0.15, 0.2) is 0 Å². The molecule has 1 heterocycles. The fourth-order valence-electron chi connectivity index (χ4n) is 1.52. The summed E-state index contributed by atoms with van der Waals surface area (Å²) >= 11 is 3.38. The Labute approximate surface area is 125 Å². The van der Waals surface area contributed by atoms with Gasteiger partial charge in [-0.15, -0.1) is 0 Å². The molecule has 0 saturated carbocycles. The monoisotopic (exact) mass is 335 g/mol. The third kappa shape index (κ3) is 3.33. The fourth-order valence-corrected chi connectivity index (χ4v) is 1.78. The number of nitrogens with zero attached hydrogens (tertiary/aromatic N) is 2. The van der Waals surface area contributed by atoms with Gasteiger partial charge < -0.3 is 10.4 Å². The molecule has 0 fully saturated rings. The van der Waals surface area contributed by atoms with Crippen LogP contribution in [0.5, 0.6) is 0 Å². The zero-order valence-corrected chi connectivity index (χ0v) is 12.7. The molecule has 0 radical (unpaired) electrons. The van der Waals surface area contributed by atoms with Gasteiger partial charge in [-0.2, -0.15) is 0 Å². The first-order valence-corrected chi connectivity index (χ1v) is 6.77. The number of halogens is 1. The van der Waals surface area contributed by atoms with Gasteiger partial charge in [0, 0.05) is 22.4 Å². The summed E-state index contributed by atoms with van der Waals surface area (Å²) in [6, 6.07) is 7.79. The minimum Gasteiger partial charge on any atom is -0.480 e. The topological polar surface area (TPSA) is 75.1 Å². The summed E-state index contributed by atoms with van der Waals surface area (Å²) in [4.78, 5) is 19.3. The number of aliphatic carboxylic acids is 1. The van der Waals surface area contributed by atoms with Gasteiger partial charge >= 0.3 is 5.97 Å². The largest absolute Gasteiger partial charge is 0.480 e. The van der Waals surface area contributed by atoms with Crippen LogP contribution < -0.4 is 5.32 Å². The third-order valence-electron chi connectivity index (χ3n) is 2.79. The Kier molecular flexibility index (Phi) is 4.04. The minimum absolute atomic E-state index is 0.290. The lowest BCUT2D eigenvalue weighted by Gasteiger charge is -2.20. The maximum absolute atomic E-state index is 11.0. The molecule has 0 saturated heterocycles. The van der Waals surface area contributed by atoms with Crippen LogP contribution in [0.3, 0.4) is 0 Å². The van der Waals surface area contributed by atoms with Gasteiger partial charge in [0.2, 0.25) is 5.95 Å². The SMILES string of the molecule is CC(C)(Nc1ncc(-c2ccc(Br)cc2)cn1)C(=O)O. The zero-order valence-electron chi connectivity index (χ0n) is 11.1. The number of carboxylic acid groups (broad SMARTS) is 1. The van der Waals surface area contributed by atoms with E-state index in [4.69, 9.17) is 5.11 Å². The molecule has 2 N–H and O–H groups in total. The molecule has 0 atom stereocenters. The summed E-state index contributed by atoms with van der Waals surface area (Å²) in [6.45, 7) is 3.11. The van der Waals surface area contributed by atoms with Crippen LogP contribution in [0.15, 0.2) is 41.1 Å². The molecule has 0 aliphatic carbocycles.